The number of carbonyl (C=O) groups excluding carboxylic acids is 1. The van der Waals surface area contributed by atoms with Gasteiger partial charge in [0.2, 0.25) is 5.91 Å². The zero-order chi connectivity index (χ0) is 11.4. The van der Waals surface area contributed by atoms with Crippen LogP contribution in [0.2, 0.25) is 0 Å². The molecule has 2 rings (SSSR count). The average molecular weight is 303 g/mol. The van der Waals surface area contributed by atoms with Gasteiger partial charge in [-0.3, -0.25) is 4.79 Å². The van der Waals surface area contributed by atoms with Crippen LogP contribution in [0, 0.1) is 0 Å². The number of thiophene rings is 1. The number of halogens is 1. The van der Waals surface area contributed by atoms with Gasteiger partial charge in [-0.2, -0.15) is 0 Å². The van der Waals surface area contributed by atoms with E-state index in [9.17, 15) is 4.79 Å². The Balaban J connectivity index is 1.79. The van der Waals surface area contributed by atoms with Gasteiger partial charge in [-0.15, -0.1) is 11.3 Å². The summed E-state index contributed by atoms with van der Waals surface area (Å²) in [6.45, 7) is 1.98. The molecule has 2 heterocycles. The van der Waals surface area contributed by atoms with E-state index in [4.69, 9.17) is 0 Å². The molecule has 88 valence electrons. The van der Waals surface area contributed by atoms with Crippen LogP contribution in [0.5, 0.6) is 0 Å². The van der Waals surface area contributed by atoms with Crippen molar-refractivity contribution < 1.29 is 4.79 Å². The van der Waals surface area contributed by atoms with Crippen molar-refractivity contribution in [3.63, 3.8) is 0 Å². The van der Waals surface area contributed by atoms with Gasteiger partial charge in [0.25, 0.3) is 0 Å². The van der Waals surface area contributed by atoms with Crippen molar-refractivity contribution in [1.82, 2.24) is 10.6 Å². The van der Waals surface area contributed by atoms with Crippen molar-refractivity contribution in [2.75, 3.05) is 13.1 Å². The van der Waals surface area contributed by atoms with Crippen LogP contribution in [0.15, 0.2) is 15.9 Å². The Morgan fingerprint density at radius 2 is 2.50 bits per heavy atom. The zero-order valence-electron chi connectivity index (χ0n) is 8.96. The predicted molar refractivity (Wildman–Crippen MR) is 69.8 cm³/mol. The van der Waals surface area contributed by atoms with Crippen molar-refractivity contribution >= 4 is 33.2 Å². The molecule has 0 aromatic carbocycles. The lowest BCUT2D eigenvalue weighted by molar-refractivity contribution is -0.121. The van der Waals surface area contributed by atoms with Crippen molar-refractivity contribution in [2.24, 2.45) is 0 Å². The molecule has 0 bridgehead atoms. The number of hydrogen-bond donors (Lipinski definition) is 2. The molecule has 3 nitrogen and oxygen atoms in total. The van der Waals surface area contributed by atoms with E-state index < -0.39 is 0 Å². The van der Waals surface area contributed by atoms with E-state index in [0.717, 1.165) is 34.6 Å². The molecule has 1 atom stereocenters. The van der Waals surface area contributed by atoms with Gasteiger partial charge in [0.15, 0.2) is 0 Å². The van der Waals surface area contributed by atoms with Crippen LogP contribution in [-0.4, -0.2) is 25.0 Å². The van der Waals surface area contributed by atoms with E-state index in [1.165, 1.54) is 0 Å². The summed E-state index contributed by atoms with van der Waals surface area (Å²) in [7, 11) is 0. The van der Waals surface area contributed by atoms with Crippen LogP contribution in [0.4, 0.5) is 0 Å². The molecular weight excluding hydrogens is 288 g/mol. The normalized spacial score (nSPS) is 20.7. The molecule has 0 spiro atoms. The van der Waals surface area contributed by atoms with E-state index in [0.29, 0.717) is 12.5 Å². The summed E-state index contributed by atoms with van der Waals surface area (Å²) in [5, 5.41) is 6.36. The minimum Gasteiger partial charge on any atom is -0.352 e. The maximum absolute atomic E-state index is 11.7. The lowest BCUT2D eigenvalue weighted by Gasteiger charge is -2.23. The molecule has 1 aliphatic rings. The minimum absolute atomic E-state index is 0.128. The van der Waals surface area contributed by atoms with Gasteiger partial charge in [-0.1, -0.05) is 0 Å². The van der Waals surface area contributed by atoms with Crippen molar-refractivity contribution in [1.29, 1.82) is 0 Å². The number of carbonyl (C=O) groups is 1. The van der Waals surface area contributed by atoms with Gasteiger partial charge in [0.1, 0.15) is 0 Å². The molecule has 0 radical (unpaired) electrons. The number of rotatable bonds is 3. The Labute approximate surface area is 108 Å². The molecule has 1 fully saturated rings. The van der Waals surface area contributed by atoms with Crippen LogP contribution < -0.4 is 10.6 Å². The molecule has 1 saturated heterocycles. The smallest absolute Gasteiger partial charge is 0.225 e. The van der Waals surface area contributed by atoms with E-state index in [2.05, 4.69) is 26.6 Å². The zero-order valence-corrected chi connectivity index (χ0v) is 11.4. The molecule has 1 aliphatic heterocycles. The molecular formula is C11H15BrN2OS. The fourth-order valence-electron chi connectivity index (χ4n) is 1.86. The summed E-state index contributed by atoms with van der Waals surface area (Å²) in [5.41, 5.74) is 0. The van der Waals surface area contributed by atoms with Gasteiger partial charge < -0.3 is 10.6 Å². The number of piperidine rings is 1. The largest absolute Gasteiger partial charge is 0.352 e. The molecule has 1 aromatic rings. The summed E-state index contributed by atoms with van der Waals surface area (Å²) in [6.07, 6.45) is 2.73. The lowest BCUT2D eigenvalue weighted by Crippen LogP contribution is -2.46. The molecule has 0 aliphatic carbocycles. The second kappa shape index (κ2) is 5.80. The van der Waals surface area contributed by atoms with Crippen molar-refractivity contribution in [3.8, 4) is 0 Å². The summed E-state index contributed by atoms with van der Waals surface area (Å²) < 4.78 is 1.08. The molecule has 16 heavy (non-hydrogen) atoms. The van der Waals surface area contributed by atoms with Gasteiger partial charge in [0, 0.05) is 17.5 Å². The highest BCUT2D eigenvalue weighted by atomic mass is 79.9. The standard InChI is InChI=1S/C11H15BrN2OS/c12-10-4-3-9(16-10)6-11(15)14-8-2-1-5-13-7-8/h3-4,8,13H,1-2,5-7H2,(H,14,15)/t8-/m0/s1. The van der Waals surface area contributed by atoms with Crippen LogP contribution in [0.25, 0.3) is 0 Å². The SMILES string of the molecule is O=C(Cc1ccc(Br)s1)N[C@H]1CCCNC1. The first-order valence-corrected chi connectivity index (χ1v) is 7.09. The Morgan fingerprint density at radius 3 is 3.12 bits per heavy atom. The van der Waals surface area contributed by atoms with Crippen LogP contribution in [0.1, 0.15) is 17.7 Å². The van der Waals surface area contributed by atoms with Gasteiger partial charge in [0.05, 0.1) is 10.2 Å². The van der Waals surface area contributed by atoms with E-state index in [-0.39, 0.29) is 5.91 Å². The van der Waals surface area contributed by atoms with E-state index >= 15 is 0 Å². The molecule has 1 amide bonds. The Hall–Kier alpha value is -0.390. The number of amides is 1. The molecule has 2 N–H and O–H groups in total. The highest BCUT2D eigenvalue weighted by Crippen LogP contribution is 2.22. The summed E-state index contributed by atoms with van der Waals surface area (Å²) >= 11 is 5.02. The van der Waals surface area contributed by atoms with E-state index in [1.807, 2.05) is 12.1 Å². The Kier molecular flexibility index (Phi) is 4.37. The topological polar surface area (TPSA) is 41.1 Å². The minimum atomic E-state index is 0.128. The summed E-state index contributed by atoms with van der Waals surface area (Å²) in [4.78, 5) is 12.8. The second-order valence-corrected chi connectivity index (χ2v) is 6.54. The lowest BCUT2D eigenvalue weighted by atomic mass is 10.1. The first-order valence-electron chi connectivity index (χ1n) is 5.48. The fraction of sp³-hybridized carbons (Fsp3) is 0.545. The highest BCUT2D eigenvalue weighted by Gasteiger charge is 2.15. The Bertz CT molecular complexity index is 361. The first kappa shape index (κ1) is 12.1. The van der Waals surface area contributed by atoms with Gasteiger partial charge in [-0.25, -0.2) is 0 Å². The molecule has 0 saturated carbocycles. The predicted octanol–water partition coefficient (Wildman–Crippen LogP) is 1.92. The average Bonchev–Trinajstić information content (AvgIpc) is 2.65. The quantitative estimate of drug-likeness (QED) is 0.896. The van der Waals surface area contributed by atoms with E-state index in [1.54, 1.807) is 11.3 Å². The third-order valence-electron chi connectivity index (χ3n) is 2.63. The highest BCUT2D eigenvalue weighted by molar-refractivity contribution is 9.11. The number of hydrogen-bond acceptors (Lipinski definition) is 3. The summed E-state index contributed by atoms with van der Waals surface area (Å²) in [6, 6.07) is 4.28. The van der Waals surface area contributed by atoms with Crippen molar-refractivity contribution in [3.05, 3.63) is 20.8 Å². The number of nitrogens with one attached hydrogen (secondary N) is 2. The first-order chi connectivity index (χ1) is 7.74. The fourth-order valence-corrected chi connectivity index (χ4v) is 3.34. The monoisotopic (exact) mass is 302 g/mol. The van der Waals surface area contributed by atoms with Crippen molar-refractivity contribution in [2.45, 2.75) is 25.3 Å². The van der Waals surface area contributed by atoms with Gasteiger partial charge >= 0.3 is 0 Å². The molecule has 1 aromatic heterocycles. The summed E-state index contributed by atoms with van der Waals surface area (Å²) in [5.74, 6) is 0.128. The van der Waals surface area contributed by atoms with Gasteiger partial charge in [-0.05, 0) is 47.4 Å². The Morgan fingerprint density at radius 1 is 1.62 bits per heavy atom. The third kappa shape index (κ3) is 3.57. The van der Waals surface area contributed by atoms with Crippen LogP contribution in [0.3, 0.4) is 0 Å². The third-order valence-corrected chi connectivity index (χ3v) is 4.25. The second-order valence-electron chi connectivity index (χ2n) is 3.99. The maximum Gasteiger partial charge on any atom is 0.225 e. The molecule has 5 heteroatoms. The van der Waals surface area contributed by atoms with Crippen LogP contribution >= 0.6 is 27.3 Å². The molecule has 0 unspecified atom stereocenters. The maximum atomic E-state index is 11.7. The van der Waals surface area contributed by atoms with Crippen LogP contribution in [-0.2, 0) is 11.2 Å².